The molecule has 3 aromatic rings. The smallest absolute Gasteiger partial charge is 0.338 e. The van der Waals surface area contributed by atoms with Crippen molar-refractivity contribution in [1.29, 1.82) is 0 Å². The Morgan fingerprint density at radius 2 is 1.60 bits per heavy atom. The standard InChI is InChI=1S/C28H26N2O4S/c1-5-34-28(33)20-11-13-21(14-12-20)29-24-25(35-22-15-9-17(2)10-16-22)27(32)30(26(24)31)23-8-6-7-18(3)19(23)4/h6-16,29H,5H2,1-4H3. The summed E-state index contributed by atoms with van der Waals surface area (Å²) in [4.78, 5) is 41.6. The Labute approximate surface area is 209 Å². The molecule has 1 aliphatic rings. The van der Waals surface area contributed by atoms with Gasteiger partial charge in [-0.3, -0.25) is 9.59 Å². The molecule has 0 spiro atoms. The van der Waals surface area contributed by atoms with Gasteiger partial charge in [-0.15, -0.1) is 0 Å². The number of esters is 1. The van der Waals surface area contributed by atoms with Gasteiger partial charge in [0.1, 0.15) is 10.6 Å². The number of ether oxygens (including phenoxy) is 1. The molecule has 0 radical (unpaired) electrons. The fourth-order valence-electron chi connectivity index (χ4n) is 3.68. The summed E-state index contributed by atoms with van der Waals surface area (Å²) in [5.41, 5.74) is 4.72. The Hall–Kier alpha value is -3.84. The van der Waals surface area contributed by atoms with Crippen LogP contribution in [0.3, 0.4) is 0 Å². The van der Waals surface area contributed by atoms with Crippen molar-refractivity contribution in [2.24, 2.45) is 0 Å². The highest BCUT2D eigenvalue weighted by atomic mass is 32.2. The molecule has 4 rings (SSSR count). The van der Waals surface area contributed by atoms with E-state index >= 15 is 0 Å². The maximum absolute atomic E-state index is 13.6. The van der Waals surface area contributed by atoms with Crippen LogP contribution in [0.25, 0.3) is 0 Å². The largest absolute Gasteiger partial charge is 0.462 e. The van der Waals surface area contributed by atoms with Crippen LogP contribution >= 0.6 is 11.8 Å². The summed E-state index contributed by atoms with van der Waals surface area (Å²) in [5.74, 6) is -1.21. The van der Waals surface area contributed by atoms with E-state index in [1.165, 1.54) is 16.7 Å². The van der Waals surface area contributed by atoms with Crippen LogP contribution in [0, 0.1) is 20.8 Å². The summed E-state index contributed by atoms with van der Waals surface area (Å²) >= 11 is 1.25. The van der Waals surface area contributed by atoms with Gasteiger partial charge in [-0.25, -0.2) is 9.69 Å². The maximum atomic E-state index is 13.6. The van der Waals surface area contributed by atoms with Crippen LogP contribution in [0.1, 0.15) is 34.0 Å². The summed E-state index contributed by atoms with van der Waals surface area (Å²) in [6.45, 7) is 7.88. The Balaban J connectivity index is 1.71. The first-order valence-electron chi connectivity index (χ1n) is 11.3. The summed E-state index contributed by atoms with van der Waals surface area (Å²) in [6.07, 6.45) is 0. The molecule has 0 unspecified atom stereocenters. The molecule has 0 atom stereocenters. The number of aryl methyl sites for hydroxylation is 2. The summed E-state index contributed by atoms with van der Waals surface area (Å²) in [5, 5.41) is 3.13. The molecule has 0 saturated carbocycles. The second-order valence-corrected chi connectivity index (χ2v) is 9.29. The van der Waals surface area contributed by atoms with Crippen molar-refractivity contribution in [2.45, 2.75) is 32.6 Å². The number of imide groups is 1. The lowest BCUT2D eigenvalue weighted by Gasteiger charge is -2.19. The van der Waals surface area contributed by atoms with Gasteiger partial charge in [0.25, 0.3) is 11.8 Å². The predicted octanol–water partition coefficient (Wildman–Crippen LogP) is 5.78. The molecule has 178 valence electrons. The van der Waals surface area contributed by atoms with Crippen molar-refractivity contribution in [2.75, 3.05) is 16.8 Å². The highest BCUT2D eigenvalue weighted by Gasteiger charge is 2.41. The number of benzene rings is 3. The first-order chi connectivity index (χ1) is 16.8. The van der Waals surface area contributed by atoms with Crippen LogP contribution < -0.4 is 10.2 Å². The van der Waals surface area contributed by atoms with E-state index in [4.69, 9.17) is 4.74 Å². The Morgan fingerprint density at radius 1 is 0.914 bits per heavy atom. The van der Waals surface area contributed by atoms with Gasteiger partial charge in [0.15, 0.2) is 0 Å². The van der Waals surface area contributed by atoms with Crippen molar-refractivity contribution in [3.8, 4) is 0 Å². The molecule has 3 aromatic carbocycles. The molecule has 1 aliphatic heterocycles. The zero-order valence-corrected chi connectivity index (χ0v) is 20.9. The van der Waals surface area contributed by atoms with Crippen LogP contribution in [0.2, 0.25) is 0 Å². The SMILES string of the molecule is CCOC(=O)c1ccc(NC2=C(Sc3ccc(C)cc3)C(=O)N(c3cccc(C)c3C)C2=O)cc1. The first-order valence-corrected chi connectivity index (χ1v) is 12.1. The number of carbonyl (C=O) groups is 3. The Morgan fingerprint density at radius 3 is 2.26 bits per heavy atom. The van der Waals surface area contributed by atoms with Crippen LogP contribution in [0.5, 0.6) is 0 Å². The van der Waals surface area contributed by atoms with Gasteiger partial charge in [-0.1, -0.05) is 41.6 Å². The molecular formula is C28H26N2O4S. The molecule has 0 saturated heterocycles. The van der Waals surface area contributed by atoms with E-state index in [0.717, 1.165) is 21.6 Å². The number of amides is 2. The minimum atomic E-state index is -0.423. The number of hydrogen-bond donors (Lipinski definition) is 1. The monoisotopic (exact) mass is 486 g/mol. The minimum absolute atomic E-state index is 0.199. The number of anilines is 2. The van der Waals surface area contributed by atoms with Crippen molar-refractivity contribution >= 4 is 40.9 Å². The van der Waals surface area contributed by atoms with Crippen molar-refractivity contribution in [1.82, 2.24) is 0 Å². The zero-order valence-electron chi connectivity index (χ0n) is 20.0. The average Bonchev–Trinajstić information content (AvgIpc) is 3.07. The summed E-state index contributed by atoms with van der Waals surface area (Å²) < 4.78 is 5.03. The second-order valence-electron chi connectivity index (χ2n) is 8.21. The van der Waals surface area contributed by atoms with E-state index < -0.39 is 11.9 Å². The number of carbonyl (C=O) groups excluding carboxylic acids is 3. The highest BCUT2D eigenvalue weighted by Crippen LogP contribution is 2.39. The number of thioether (sulfide) groups is 1. The van der Waals surface area contributed by atoms with Gasteiger partial charge >= 0.3 is 5.97 Å². The fraction of sp³-hybridized carbons (Fsp3) is 0.179. The summed E-state index contributed by atoms with van der Waals surface area (Å²) in [7, 11) is 0. The quantitative estimate of drug-likeness (QED) is 0.337. The Bertz CT molecular complexity index is 1330. The van der Waals surface area contributed by atoms with Crippen molar-refractivity contribution in [3.05, 3.63) is 99.6 Å². The molecule has 0 aromatic heterocycles. The van der Waals surface area contributed by atoms with Gasteiger partial charge in [0.2, 0.25) is 0 Å². The molecule has 35 heavy (non-hydrogen) atoms. The van der Waals surface area contributed by atoms with E-state index in [1.54, 1.807) is 37.3 Å². The van der Waals surface area contributed by atoms with Crippen LogP contribution in [0.15, 0.2) is 82.2 Å². The number of rotatable bonds is 7. The first kappa shape index (κ1) is 24.3. The fourth-order valence-corrected chi connectivity index (χ4v) is 4.61. The number of nitrogens with zero attached hydrogens (tertiary/aromatic N) is 1. The van der Waals surface area contributed by atoms with E-state index in [2.05, 4.69) is 5.32 Å². The number of nitrogens with one attached hydrogen (secondary N) is 1. The normalized spacial score (nSPS) is 13.4. The van der Waals surface area contributed by atoms with Gasteiger partial charge in [-0.05, 0) is 81.3 Å². The third-order valence-electron chi connectivity index (χ3n) is 5.76. The van der Waals surface area contributed by atoms with E-state index in [9.17, 15) is 14.4 Å². The average molecular weight is 487 g/mol. The van der Waals surface area contributed by atoms with E-state index in [0.29, 0.717) is 21.8 Å². The summed E-state index contributed by atoms with van der Waals surface area (Å²) in [6, 6.07) is 20.0. The highest BCUT2D eigenvalue weighted by molar-refractivity contribution is 8.04. The van der Waals surface area contributed by atoms with E-state index in [1.807, 2.05) is 57.2 Å². The molecule has 1 N–H and O–H groups in total. The molecule has 1 heterocycles. The molecule has 0 bridgehead atoms. The van der Waals surface area contributed by atoms with Gasteiger partial charge < -0.3 is 10.1 Å². The molecule has 2 amide bonds. The molecule has 0 aliphatic carbocycles. The second kappa shape index (κ2) is 10.2. The minimum Gasteiger partial charge on any atom is -0.462 e. The van der Waals surface area contributed by atoms with Crippen molar-refractivity contribution in [3.63, 3.8) is 0 Å². The molecule has 0 fully saturated rings. The predicted molar refractivity (Wildman–Crippen MR) is 138 cm³/mol. The topological polar surface area (TPSA) is 75.7 Å². The molecule has 6 nitrogen and oxygen atoms in total. The zero-order chi connectivity index (χ0) is 25.1. The Kier molecular flexibility index (Phi) is 7.07. The van der Waals surface area contributed by atoms with Crippen LogP contribution in [0.4, 0.5) is 11.4 Å². The molecular weight excluding hydrogens is 460 g/mol. The van der Waals surface area contributed by atoms with Gasteiger partial charge in [-0.2, -0.15) is 0 Å². The lowest BCUT2D eigenvalue weighted by molar-refractivity contribution is -0.120. The van der Waals surface area contributed by atoms with Crippen LogP contribution in [-0.4, -0.2) is 24.4 Å². The maximum Gasteiger partial charge on any atom is 0.338 e. The third-order valence-corrected chi connectivity index (χ3v) is 6.86. The van der Waals surface area contributed by atoms with E-state index in [-0.39, 0.29) is 18.2 Å². The van der Waals surface area contributed by atoms with Gasteiger partial charge in [0, 0.05) is 10.6 Å². The lowest BCUT2D eigenvalue weighted by atomic mass is 10.1. The molecule has 7 heteroatoms. The number of hydrogen-bond acceptors (Lipinski definition) is 6. The lowest BCUT2D eigenvalue weighted by Crippen LogP contribution is -2.33. The third kappa shape index (κ3) is 5.00. The van der Waals surface area contributed by atoms with Crippen molar-refractivity contribution < 1.29 is 19.1 Å². The van der Waals surface area contributed by atoms with Crippen LogP contribution in [-0.2, 0) is 14.3 Å². The van der Waals surface area contributed by atoms with Gasteiger partial charge in [0.05, 0.1) is 17.9 Å².